The summed E-state index contributed by atoms with van der Waals surface area (Å²) in [7, 11) is 0. The van der Waals surface area contributed by atoms with E-state index >= 15 is 0 Å². The lowest BCUT2D eigenvalue weighted by Crippen LogP contribution is -2.14. The fourth-order valence-electron chi connectivity index (χ4n) is 1.47. The van der Waals surface area contributed by atoms with E-state index < -0.39 is 6.61 Å². The van der Waals surface area contributed by atoms with E-state index in [9.17, 15) is 8.78 Å². The molecule has 0 spiro atoms. The van der Waals surface area contributed by atoms with Crippen molar-refractivity contribution in [1.29, 1.82) is 0 Å². The van der Waals surface area contributed by atoms with Crippen LogP contribution in [-0.2, 0) is 6.54 Å². The molecule has 19 heavy (non-hydrogen) atoms. The number of nitrogens with one attached hydrogen (secondary N) is 1. The maximum atomic E-state index is 12.2. The van der Waals surface area contributed by atoms with E-state index in [1.54, 1.807) is 19.1 Å². The fourth-order valence-corrected chi connectivity index (χ4v) is 1.56. The van der Waals surface area contributed by atoms with Crippen LogP contribution in [0.4, 0.5) is 8.78 Å². The number of hydrogen-bond acceptors (Lipinski definition) is 3. The van der Waals surface area contributed by atoms with E-state index in [1.807, 2.05) is 0 Å². The molecule has 0 radical (unpaired) electrons. The first-order valence-electron chi connectivity index (χ1n) is 5.77. The summed E-state index contributed by atoms with van der Waals surface area (Å²) in [6.07, 6.45) is 0. The first-order chi connectivity index (χ1) is 9.02. The zero-order chi connectivity index (χ0) is 14.3. The maximum absolute atomic E-state index is 12.2. The van der Waals surface area contributed by atoms with E-state index in [0.29, 0.717) is 30.5 Å². The molecule has 1 rings (SSSR count). The van der Waals surface area contributed by atoms with Crippen LogP contribution >= 0.6 is 11.6 Å². The van der Waals surface area contributed by atoms with Gasteiger partial charge in [-0.3, -0.25) is 0 Å². The van der Waals surface area contributed by atoms with Crippen molar-refractivity contribution >= 4 is 11.6 Å². The highest BCUT2D eigenvalue weighted by Crippen LogP contribution is 2.29. The lowest BCUT2D eigenvalue weighted by Gasteiger charge is -2.13. The van der Waals surface area contributed by atoms with E-state index in [2.05, 4.69) is 16.6 Å². The van der Waals surface area contributed by atoms with Crippen LogP contribution in [0.25, 0.3) is 0 Å². The quantitative estimate of drug-likeness (QED) is 0.795. The third kappa shape index (κ3) is 5.89. The van der Waals surface area contributed by atoms with Crippen molar-refractivity contribution in [1.82, 2.24) is 5.32 Å². The van der Waals surface area contributed by atoms with Crippen molar-refractivity contribution in [3.8, 4) is 11.5 Å². The molecule has 0 fully saturated rings. The minimum absolute atomic E-state index is 0.0300. The van der Waals surface area contributed by atoms with Gasteiger partial charge in [0, 0.05) is 18.1 Å². The van der Waals surface area contributed by atoms with Crippen LogP contribution in [0.1, 0.15) is 12.5 Å². The Kier molecular flexibility index (Phi) is 6.59. The molecule has 0 aliphatic rings. The van der Waals surface area contributed by atoms with E-state index in [0.717, 1.165) is 5.56 Å². The predicted octanol–water partition coefficient (Wildman–Crippen LogP) is 3.53. The van der Waals surface area contributed by atoms with Gasteiger partial charge in [0.2, 0.25) is 0 Å². The molecule has 106 valence electrons. The second-order valence-electron chi connectivity index (χ2n) is 3.71. The topological polar surface area (TPSA) is 30.5 Å². The Morgan fingerprint density at radius 2 is 2.16 bits per heavy atom. The van der Waals surface area contributed by atoms with Crippen LogP contribution in [0.15, 0.2) is 29.8 Å². The summed E-state index contributed by atoms with van der Waals surface area (Å²) in [5.41, 5.74) is 0.878. The zero-order valence-corrected chi connectivity index (χ0v) is 11.3. The minimum atomic E-state index is -2.87. The molecular weight excluding hydrogens is 276 g/mol. The molecular formula is C13H16ClF2NO2. The van der Waals surface area contributed by atoms with Gasteiger partial charge in [0.15, 0.2) is 11.5 Å². The van der Waals surface area contributed by atoms with Crippen molar-refractivity contribution in [2.24, 2.45) is 0 Å². The largest absolute Gasteiger partial charge is 0.490 e. The Hall–Kier alpha value is -1.33. The van der Waals surface area contributed by atoms with Gasteiger partial charge in [0.05, 0.1) is 6.61 Å². The Morgan fingerprint density at radius 3 is 2.74 bits per heavy atom. The number of rotatable bonds is 8. The second kappa shape index (κ2) is 7.96. The fraction of sp³-hybridized carbons (Fsp3) is 0.385. The smallest absolute Gasteiger partial charge is 0.387 e. The maximum Gasteiger partial charge on any atom is 0.387 e. The van der Waals surface area contributed by atoms with Gasteiger partial charge in [-0.1, -0.05) is 24.2 Å². The van der Waals surface area contributed by atoms with Crippen molar-refractivity contribution in [2.45, 2.75) is 20.1 Å². The van der Waals surface area contributed by atoms with Gasteiger partial charge in [0.25, 0.3) is 0 Å². The van der Waals surface area contributed by atoms with Crippen LogP contribution < -0.4 is 14.8 Å². The Balaban J connectivity index is 2.74. The lowest BCUT2D eigenvalue weighted by molar-refractivity contribution is -0.0514. The lowest BCUT2D eigenvalue weighted by atomic mass is 10.2. The minimum Gasteiger partial charge on any atom is -0.490 e. The molecule has 6 heteroatoms. The van der Waals surface area contributed by atoms with Gasteiger partial charge in [-0.25, -0.2) is 0 Å². The number of ether oxygens (including phenoxy) is 2. The van der Waals surface area contributed by atoms with Crippen LogP contribution in [0.2, 0.25) is 0 Å². The Morgan fingerprint density at radius 1 is 1.42 bits per heavy atom. The number of benzene rings is 1. The molecule has 0 amide bonds. The summed E-state index contributed by atoms with van der Waals surface area (Å²) in [4.78, 5) is 0. The van der Waals surface area contributed by atoms with Gasteiger partial charge in [0.1, 0.15) is 0 Å². The highest BCUT2D eigenvalue weighted by molar-refractivity contribution is 6.29. The first kappa shape index (κ1) is 15.7. The monoisotopic (exact) mass is 291 g/mol. The molecule has 1 aromatic rings. The van der Waals surface area contributed by atoms with Crippen LogP contribution in [0, 0.1) is 0 Å². The molecule has 0 aliphatic carbocycles. The normalized spacial score (nSPS) is 10.6. The van der Waals surface area contributed by atoms with E-state index in [4.69, 9.17) is 16.3 Å². The van der Waals surface area contributed by atoms with Gasteiger partial charge in [-0.2, -0.15) is 8.78 Å². The first-order valence-corrected chi connectivity index (χ1v) is 6.15. The Labute approximate surface area is 116 Å². The van der Waals surface area contributed by atoms with Gasteiger partial charge < -0.3 is 14.8 Å². The van der Waals surface area contributed by atoms with Gasteiger partial charge in [-0.05, 0) is 24.6 Å². The summed E-state index contributed by atoms with van der Waals surface area (Å²) in [6, 6.07) is 4.80. The predicted molar refractivity (Wildman–Crippen MR) is 70.9 cm³/mol. The van der Waals surface area contributed by atoms with Gasteiger partial charge in [-0.15, -0.1) is 0 Å². The molecule has 0 atom stereocenters. The number of halogens is 3. The highest BCUT2D eigenvalue weighted by atomic mass is 35.5. The SMILES string of the molecule is C=C(Cl)CNCc1ccc(OC(F)F)c(OCC)c1. The third-order valence-electron chi connectivity index (χ3n) is 2.17. The molecule has 0 saturated heterocycles. The van der Waals surface area contributed by atoms with E-state index in [1.165, 1.54) is 6.07 Å². The molecule has 0 heterocycles. The summed E-state index contributed by atoms with van der Waals surface area (Å²) in [5, 5.41) is 3.56. The van der Waals surface area contributed by atoms with Crippen molar-refractivity contribution in [3.05, 3.63) is 35.4 Å². The molecule has 1 aromatic carbocycles. The Bertz CT molecular complexity index is 427. The van der Waals surface area contributed by atoms with Gasteiger partial charge >= 0.3 is 6.61 Å². The molecule has 1 N–H and O–H groups in total. The molecule has 0 aliphatic heterocycles. The van der Waals surface area contributed by atoms with Crippen LogP contribution in [-0.4, -0.2) is 19.8 Å². The summed E-state index contributed by atoms with van der Waals surface area (Å²) < 4.78 is 34.1. The molecule has 0 aromatic heterocycles. The number of hydrogen-bond donors (Lipinski definition) is 1. The van der Waals surface area contributed by atoms with Crippen molar-refractivity contribution in [3.63, 3.8) is 0 Å². The average molecular weight is 292 g/mol. The number of alkyl halides is 2. The summed E-state index contributed by atoms with van der Waals surface area (Å²) in [6.45, 7) is 3.83. The molecule has 3 nitrogen and oxygen atoms in total. The highest BCUT2D eigenvalue weighted by Gasteiger charge is 2.11. The summed E-state index contributed by atoms with van der Waals surface area (Å²) in [5.74, 6) is 0.328. The zero-order valence-electron chi connectivity index (χ0n) is 10.6. The average Bonchev–Trinajstić information content (AvgIpc) is 2.31. The third-order valence-corrected chi connectivity index (χ3v) is 2.30. The second-order valence-corrected chi connectivity index (χ2v) is 4.25. The molecule has 0 bridgehead atoms. The molecule has 0 saturated carbocycles. The standard InChI is InChI=1S/C13H16ClF2NO2/c1-3-18-12-6-10(8-17-7-9(2)14)4-5-11(12)19-13(15)16/h4-6,13,17H,2-3,7-8H2,1H3. The molecule has 0 unspecified atom stereocenters. The van der Waals surface area contributed by atoms with Crippen molar-refractivity contribution < 1.29 is 18.3 Å². The van der Waals surface area contributed by atoms with Crippen LogP contribution in [0.5, 0.6) is 11.5 Å². The summed E-state index contributed by atoms with van der Waals surface area (Å²) >= 11 is 5.62. The van der Waals surface area contributed by atoms with Crippen LogP contribution in [0.3, 0.4) is 0 Å². The van der Waals surface area contributed by atoms with Crippen molar-refractivity contribution in [2.75, 3.05) is 13.2 Å². The van der Waals surface area contributed by atoms with E-state index in [-0.39, 0.29) is 5.75 Å².